The number of nitrogens with zero attached hydrogens (tertiary/aromatic N) is 1. The average Bonchev–Trinajstić information content (AvgIpc) is 2.03. The van der Waals surface area contributed by atoms with E-state index in [1.807, 2.05) is 13.0 Å². The minimum absolute atomic E-state index is 0.153. The van der Waals surface area contributed by atoms with E-state index in [1.165, 1.54) is 7.11 Å². The smallest absolute Gasteiger partial charge is 0.326 e. The van der Waals surface area contributed by atoms with Gasteiger partial charge in [-0.2, -0.15) is 5.26 Å². The molecule has 0 aromatic rings. The lowest BCUT2D eigenvalue weighted by Crippen LogP contribution is -2.44. The molecular formula is C8H11NO2. The van der Waals surface area contributed by atoms with E-state index in [0.29, 0.717) is 6.42 Å². The molecule has 2 atom stereocenters. The second-order valence-electron chi connectivity index (χ2n) is 3.01. The Balaban J connectivity index is 2.79. The molecule has 0 saturated heterocycles. The first-order valence-corrected chi connectivity index (χ1v) is 3.67. The summed E-state index contributed by atoms with van der Waals surface area (Å²) in [6.45, 7) is 1.91. The van der Waals surface area contributed by atoms with Crippen molar-refractivity contribution < 1.29 is 9.53 Å². The summed E-state index contributed by atoms with van der Waals surface area (Å²) in [6.07, 6.45) is 1.60. The lowest BCUT2D eigenvalue weighted by Gasteiger charge is -2.39. The molecule has 0 bridgehead atoms. The van der Waals surface area contributed by atoms with Crippen molar-refractivity contribution in [2.45, 2.75) is 19.8 Å². The van der Waals surface area contributed by atoms with Crippen LogP contribution in [0.4, 0.5) is 0 Å². The number of rotatable bonds is 1. The van der Waals surface area contributed by atoms with Crippen LogP contribution in [-0.2, 0) is 9.53 Å². The second kappa shape index (κ2) is 2.54. The molecule has 1 fully saturated rings. The molecule has 0 aromatic carbocycles. The van der Waals surface area contributed by atoms with Gasteiger partial charge in [-0.25, -0.2) is 0 Å². The zero-order valence-corrected chi connectivity index (χ0v) is 6.76. The van der Waals surface area contributed by atoms with Crippen molar-refractivity contribution in [2.75, 3.05) is 7.11 Å². The summed E-state index contributed by atoms with van der Waals surface area (Å²) in [4.78, 5) is 11.1. The van der Waals surface area contributed by atoms with Crippen molar-refractivity contribution in [3.63, 3.8) is 0 Å². The summed E-state index contributed by atoms with van der Waals surface area (Å²) in [5, 5.41) is 8.76. The molecule has 0 amide bonds. The Hall–Kier alpha value is -1.04. The lowest BCUT2D eigenvalue weighted by molar-refractivity contribution is -0.157. The number of esters is 1. The van der Waals surface area contributed by atoms with Gasteiger partial charge in [0, 0.05) is 0 Å². The van der Waals surface area contributed by atoms with E-state index in [2.05, 4.69) is 4.74 Å². The van der Waals surface area contributed by atoms with E-state index < -0.39 is 5.41 Å². The summed E-state index contributed by atoms with van der Waals surface area (Å²) in [7, 11) is 1.33. The van der Waals surface area contributed by atoms with Gasteiger partial charge in [0.2, 0.25) is 0 Å². The second-order valence-corrected chi connectivity index (χ2v) is 3.01. The summed E-state index contributed by atoms with van der Waals surface area (Å²) < 4.78 is 4.56. The highest BCUT2D eigenvalue weighted by Gasteiger charge is 2.52. The third kappa shape index (κ3) is 0.900. The Kier molecular flexibility index (Phi) is 1.86. The molecule has 0 heterocycles. The summed E-state index contributed by atoms with van der Waals surface area (Å²) in [6, 6.07) is 2.04. The molecule has 11 heavy (non-hydrogen) atoms. The zero-order chi connectivity index (χ0) is 8.48. The molecule has 0 spiro atoms. The maximum absolute atomic E-state index is 11.1. The molecule has 1 aliphatic carbocycles. The van der Waals surface area contributed by atoms with Gasteiger partial charge in [-0.05, 0) is 18.8 Å². The normalized spacial score (nSPS) is 35.2. The van der Waals surface area contributed by atoms with Crippen LogP contribution in [-0.4, -0.2) is 13.1 Å². The molecule has 0 N–H and O–H groups in total. The molecule has 0 aliphatic heterocycles. The zero-order valence-electron chi connectivity index (χ0n) is 6.76. The molecule has 3 heteroatoms. The quantitative estimate of drug-likeness (QED) is 0.530. The highest BCUT2D eigenvalue weighted by atomic mass is 16.5. The Labute approximate surface area is 66.0 Å². The fraction of sp³-hybridized carbons (Fsp3) is 0.750. The molecule has 1 aliphatic rings. The van der Waals surface area contributed by atoms with Crippen LogP contribution in [0, 0.1) is 22.7 Å². The van der Waals surface area contributed by atoms with Crippen molar-refractivity contribution in [1.29, 1.82) is 5.26 Å². The van der Waals surface area contributed by atoms with E-state index in [0.717, 1.165) is 6.42 Å². The Bertz CT molecular complexity index is 219. The highest BCUT2D eigenvalue weighted by molar-refractivity contribution is 5.81. The van der Waals surface area contributed by atoms with Crippen LogP contribution in [0.1, 0.15) is 19.8 Å². The van der Waals surface area contributed by atoms with Gasteiger partial charge in [-0.1, -0.05) is 6.92 Å². The third-order valence-electron chi connectivity index (χ3n) is 2.56. The molecule has 60 valence electrons. The van der Waals surface area contributed by atoms with Crippen LogP contribution >= 0.6 is 0 Å². The van der Waals surface area contributed by atoms with Crippen molar-refractivity contribution in [3.8, 4) is 6.07 Å². The number of carbonyl (C=O) groups is 1. The van der Waals surface area contributed by atoms with Gasteiger partial charge >= 0.3 is 5.97 Å². The minimum atomic E-state index is -0.825. The first-order chi connectivity index (χ1) is 5.17. The number of nitriles is 1. The summed E-state index contributed by atoms with van der Waals surface area (Å²) in [5.41, 5.74) is -0.825. The largest absolute Gasteiger partial charge is 0.468 e. The van der Waals surface area contributed by atoms with Crippen LogP contribution in [0.25, 0.3) is 0 Å². The van der Waals surface area contributed by atoms with E-state index in [4.69, 9.17) is 5.26 Å². The standard InChI is InChI=1S/C8H11NO2/c1-6-3-4-8(6,5-9)7(10)11-2/h6H,3-4H2,1-2H3. The first kappa shape index (κ1) is 8.06. The van der Waals surface area contributed by atoms with E-state index in [-0.39, 0.29) is 11.9 Å². The topological polar surface area (TPSA) is 50.1 Å². The molecule has 3 nitrogen and oxygen atoms in total. The maximum Gasteiger partial charge on any atom is 0.326 e. The predicted octanol–water partition coefficient (Wildman–Crippen LogP) is 1.10. The number of ether oxygens (including phenoxy) is 1. The average molecular weight is 153 g/mol. The summed E-state index contributed by atoms with van der Waals surface area (Å²) >= 11 is 0. The van der Waals surface area contributed by atoms with Crippen molar-refractivity contribution in [2.24, 2.45) is 11.3 Å². The third-order valence-corrected chi connectivity index (χ3v) is 2.56. The minimum Gasteiger partial charge on any atom is -0.468 e. The number of hydrogen-bond acceptors (Lipinski definition) is 3. The summed E-state index contributed by atoms with van der Waals surface area (Å²) in [5.74, 6) is -0.223. The fourth-order valence-electron chi connectivity index (χ4n) is 1.42. The first-order valence-electron chi connectivity index (χ1n) is 3.67. The van der Waals surface area contributed by atoms with Gasteiger partial charge in [0.25, 0.3) is 0 Å². The SMILES string of the molecule is COC(=O)C1(C#N)CCC1C. The fourth-order valence-corrected chi connectivity index (χ4v) is 1.42. The van der Waals surface area contributed by atoms with Crippen LogP contribution in [0.2, 0.25) is 0 Å². The number of carbonyl (C=O) groups excluding carboxylic acids is 1. The highest BCUT2D eigenvalue weighted by Crippen LogP contribution is 2.46. The van der Waals surface area contributed by atoms with Gasteiger partial charge < -0.3 is 4.74 Å². The Morgan fingerprint density at radius 3 is 2.55 bits per heavy atom. The maximum atomic E-state index is 11.1. The predicted molar refractivity (Wildman–Crippen MR) is 38.5 cm³/mol. The Morgan fingerprint density at radius 2 is 2.45 bits per heavy atom. The molecule has 2 unspecified atom stereocenters. The Morgan fingerprint density at radius 1 is 1.82 bits per heavy atom. The van der Waals surface area contributed by atoms with Crippen molar-refractivity contribution in [3.05, 3.63) is 0 Å². The van der Waals surface area contributed by atoms with Crippen molar-refractivity contribution >= 4 is 5.97 Å². The molecule has 0 aromatic heterocycles. The van der Waals surface area contributed by atoms with Crippen LogP contribution in [0.3, 0.4) is 0 Å². The monoisotopic (exact) mass is 153 g/mol. The van der Waals surface area contributed by atoms with E-state index >= 15 is 0 Å². The van der Waals surface area contributed by atoms with Gasteiger partial charge in [-0.3, -0.25) is 4.79 Å². The van der Waals surface area contributed by atoms with Gasteiger partial charge in [0.1, 0.15) is 0 Å². The molecule has 1 rings (SSSR count). The van der Waals surface area contributed by atoms with E-state index in [1.54, 1.807) is 0 Å². The van der Waals surface area contributed by atoms with Crippen LogP contribution in [0.15, 0.2) is 0 Å². The molecule has 0 radical (unpaired) electrons. The number of methoxy groups -OCH3 is 1. The van der Waals surface area contributed by atoms with Gasteiger partial charge in [0.15, 0.2) is 5.41 Å². The van der Waals surface area contributed by atoms with E-state index in [9.17, 15) is 4.79 Å². The van der Waals surface area contributed by atoms with Gasteiger partial charge in [0.05, 0.1) is 13.2 Å². The molecule has 1 saturated carbocycles. The van der Waals surface area contributed by atoms with Crippen molar-refractivity contribution in [1.82, 2.24) is 0 Å². The molecular weight excluding hydrogens is 142 g/mol. The van der Waals surface area contributed by atoms with Gasteiger partial charge in [-0.15, -0.1) is 0 Å². The number of hydrogen-bond donors (Lipinski definition) is 0. The van der Waals surface area contributed by atoms with Crippen LogP contribution in [0.5, 0.6) is 0 Å². The van der Waals surface area contributed by atoms with Crippen LogP contribution < -0.4 is 0 Å². The lowest BCUT2D eigenvalue weighted by atomic mass is 9.62.